The third kappa shape index (κ3) is 0.915. The summed E-state index contributed by atoms with van der Waals surface area (Å²) in [6, 6.07) is 0. The summed E-state index contributed by atoms with van der Waals surface area (Å²) in [5.41, 5.74) is -0.761. The van der Waals surface area contributed by atoms with Gasteiger partial charge in [-0.05, 0) is 6.92 Å². The normalized spacial score (nSPS) is 59.0. The van der Waals surface area contributed by atoms with E-state index in [1.807, 2.05) is 0 Å². The minimum absolute atomic E-state index is 0.451. The van der Waals surface area contributed by atoms with Gasteiger partial charge < -0.3 is 20.1 Å². The monoisotopic (exact) mass is 175 g/mol. The minimum Gasteiger partial charge on any atom is -0.387 e. The summed E-state index contributed by atoms with van der Waals surface area (Å²) in [6.07, 6.45) is -3.74. The van der Waals surface area contributed by atoms with Gasteiger partial charge in [0.2, 0.25) is 0 Å². The van der Waals surface area contributed by atoms with E-state index in [0.29, 0.717) is 6.54 Å². The number of fused-ring (bicyclic) bond motifs is 2. The molecule has 5 unspecified atom stereocenters. The molecule has 0 amide bonds. The van der Waals surface area contributed by atoms with E-state index in [1.54, 1.807) is 6.92 Å². The Morgan fingerprint density at radius 1 is 1.33 bits per heavy atom. The van der Waals surface area contributed by atoms with Crippen LogP contribution in [-0.4, -0.2) is 52.0 Å². The zero-order valence-electron chi connectivity index (χ0n) is 6.77. The van der Waals surface area contributed by atoms with Crippen molar-refractivity contribution in [3.8, 4) is 0 Å². The van der Waals surface area contributed by atoms with Crippen LogP contribution in [0.2, 0.25) is 0 Å². The highest BCUT2D eigenvalue weighted by Gasteiger charge is 2.54. The Balaban J connectivity index is 2.25. The van der Waals surface area contributed by atoms with Gasteiger partial charge in [-0.1, -0.05) is 0 Å². The smallest absolute Gasteiger partial charge is 0.138 e. The SMILES string of the molecule is CC12CNC(O1)C(O)C(O)C2O. The summed E-state index contributed by atoms with van der Waals surface area (Å²) in [7, 11) is 0. The van der Waals surface area contributed by atoms with Gasteiger partial charge in [0.15, 0.2) is 0 Å². The van der Waals surface area contributed by atoms with Crippen LogP contribution in [0.15, 0.2) is 0 Å². The van der Waals surface area contributed by atoms with E-state index in [-0.39, 0.29) is 0 Å². The van der Waals surface area contributed by atoms with Gasteiger partial charge in [0, 0.05) is 6.54 Å². The lowest BCUT2D eigenvalue weighted by atomic mass is 9.91. The predicted molar refractivity (Wildman–Crippen MR) is 39.3 cm³/mol. The van der Waals surface area contributed by atoms with E-state index < -0.39 is 30.1 Å². The second kappa shape index (κ2) is 2.40. The first kappa shape index (κ1) is 8.40. The van der Waals surface area contributed by atoms with Crippen LogP contribution in [0.25, 0.3) is 0 Å². The number of ether oxygens (including phenoxy) is 1. The Morgan fingerprint density at radius 3 is 2.67 bits per heavy atom. The van der Waals surface area contributed by atoms with Crippen LogP contribution in [0, 0.1) is 0 Å². The third-order valence-electron chi connectivity index (χ3n) is 2.66. The summed E-state index contributed by atoms with van der Waals surface area (Å²) in [4.78, 5) is 0. The van der Waals surface area contributed by atoms with Crippen molar-refractivity contribution in [2.45, 2.75) is 37.1 Å². The topological polar surface area (TPSA) is 82.0 Å². The quantitative estimate of drug-likeness (QED) is 0.335. The number of hydrogen-bond donors (Lipinski definition) is 4. The van der Waals surface area contributed by atoms with Gasteiger partial charge in [-0.15, -0.1) is 0 Å². The maximum Gasteiger partial charge on any atom is 0.138 e. The number of nitrogens with one attached hydrogen (secondary N) is 1. The number of rotatable bonds is 0. The van der Waals surface area contributed by atoms with Crippen molar-refractivity contribution in [3.63, 3.8) is 0 Å². The van der Waals surface area contributed by atoms with Crippen molar-refractivity contribution in [1.29, 1.82) is 0 Å². The summed E-state index contributed by atoms with van der Waals surface area (Å²) < 4.78 is 5.31. The summed E-state index contributed by atoms with van der Waals surface area (Å²) in [5, 5.41) is 31.1. The molecule has 70 valence electrons. The van der Waals surface area contributed by atoms with E-state index in [0.717, 1.165) is 0 Å². The second-order valence-corrected chi connectivity index (χ2v) is 3.66. The molecule has 0 saturated carbocycles. The summed E-state index contributed by atoms with van der Waals surface area (Å²) in [5.74, 6) is 0. The average molecular weight is 175 g/mol. The zero-order valence-corrected chi connectivity index (χ0v) is 6.77. The van der Waals surface area contributed by atoms with Crippen molar-refractivity contribution >= 4 is 0 Å². The van der Waals surface area contributed by atoms with Crippen LogP contribution in [-0.2, 0) is 4.74 Å². The van der Waals surface area contributed by atoms with Crippen molar-refractivity contribution in [2.75, 3.05) is 6.54 Å². The van der Waals surface area contributed by atoms with E-state index in [1.165, 1.54) is 0 Å². The molecule has 0 aromatic heterocycles. The molecule has 2 aliphatic rings. The standard InChI is InChI=1S/C7H13NO4/c1-7-2-8-6(12-7)4(10)3(9)5(7)11/h3-6,8-11H,2H2,1H3. The van der Waals surface area contributed by atoms with Crippen molar-refractivity contribution in [3.05, 3.63) is 0 Å². The highest BCUT2D eigenvalue weighted by Crippen LogP contribution is 2.32. The van der Waals surface area contributed by atoms with Crippen LogP contribution in [0.3, 0.4) is 0 Å². The number of aliphatic hydroxyl groups excluding tert-OH is 3. The van der Waals surface area contributed by atoms with Crippen LogP contribution in [0.1, 0.15) is 6.92 Å². The van der Waals surface area contributed by atoms with E-state index in [4.69, 9.17) is 4.74 Å². The number of aliphatic hydroxyl groups is 3. The fraction of sp³-hybridized carbons (Fsp3) is 1.00. The van der Waals surface area contributed by atoms with Gasteiger partial charge in [-0.2, -0.15) is 0 Å². The molecule has 2 saturated heterocycles. The minimum atomic E-state index is -1.12. The predicted octanol–water partition coefficient (Wildman–Crippen LogP) is -2.21. The summed E-state index contributed by atoms with van der Waals surface area (Å²) in [6.45, 7) is 2.16. The van der Waals surface area contributed by atoms with Crippen molar-refractivity contribution in [2.24, 2.45) is 0 Å². The fourth-order valence-electron chi connectivity index (χ4n) is 1.77. The Hall–Kier alpha value is -0.200. The average Bonchev–Trinajstić information content (AvgIpc) is 2.41. The molecule has 0 aliphatic carbocycles. The molecule has 0 aromatic rings. The molecule has 2 bridgehead atoms. The lowest BCUT2D eigenvalue weighted by molar-refractivity contribution is -0.231. The second-order valence-electron chi connectivity index (χ2n) is 3.66. The largest absolute Gasteiger partial charge is 0.387 e. The van der Waals surface area contributed by atoms with Crippen LogP contribution >= 0.6 is 0 Å². The summed E-state index contributed by atoms with van der Waals surface area (Å²) >= 11 is 0. The maximum atomic E-state index is 9.52. The highest BCUT2D eigenvalue weighted by molar-refractivity contribution is 5.04. The highest BCUT2D eigenvalue weighted by atomic mass is 16.6. The Kier molecular flexibility index (Phi) is 1.68. The van der Waals surface area contributed by atoms with Gasteiger partial charge in [-0.3, -0.25) is 5.32 Å². The van der Waals surface area contributed by atoms with Crippen LogP contribution in [0.5, 0.6) is 0 Å². The molecule has 5 nitrogen and oxygen atoms in total. The van der Waals surface area contributed by atoms with E-state index >= 15 is 0 Å². The lowest BCUT2D eigenvalue weighted by Gasteiger charge is -2.39. The molecule has 5 heteroatoms. The molecule has 2 fully saturated rings. The third-order valence-corrected chi connectivity index (χ3v) is 2.66. The molecule has 0 aromatic carbocycles. The molecule has 12 heavy (non-hydrogen) atoms. The first-order chi connectivity index (χ1) is 5.54. The maximum absolute atomic E-state index is 9.52. The molecule has 2 heterocycles. The Labute approximate surface area is 70.0 Å². The van der Waals surface area contributed by atoms with Gasteiger partial charge in [0.05, 0.1) is 0 Å². The van der Waals surface area contributed by atoms with E-state index in [9.17, 15) is 15.3 Å². The first-order valence-corrected chi connectivity index (χ1v) is 4.00. The molecular formula is C7H13NO4. The van der Waals surface area contributed by atoms with Gasteiger partial charge in [-0.25, -0.2) is 0 Å². The molecule has 2 rings (SSSR count). The van der Waals surface area contributed by atoms with Gasteiger partial charge in [0.25, 0.3) is 0 Å². The molecule has 5 atom stereocenters. The van der Waals surface area contributed by atoms with Crippen molar-refractivity contribution in [1.82, 2.24) is 5.32 Å². The van der Waals surface area contributed by atoms with Gasteiger partial charge in [0.1, 0.15) is 30.1 Å². The molecule has 0 spiro atoms. The van der Waals surface area contributed by atoms with Crippen LogP contribution < -0.4 is 5.32 Å². The fourth-order valence-corrected chi connectivity index (χ4v) is 1.77. The molecule has 0 radical (unpaired) electrons. The number of hydrogen-bond acceptors (Lipinski definition) is 5. The Bertz CT molecular complexity index is 200. The van der Waals surface area contributed by atoms with E-state index in [2.05, 4.69) is 5.32 Å². The van der Waals surface area contributed by atoms with Gasteiger partial charge >= 0.3 is 0 Å². The molecule has 4 N–H and O–H groups in total. The Morgan fingerprint density at radius 2 is 2.00 bits per heavy atom. The zero-order chi connectivity index (χ0) is 8.93. The van der Waals surface area contributed by atoms with Crippen LogP contribution in [0.4, 0.5) is 0 Å². The molecular weight excluding hydrogens is 162 g/mol. The first-order valence-electron chi connectivity index (χ1n) is 4.00. The lowest BCUT2D eigenvalue weighted by Crippen LogP contribution is -2.59. The van der Waals surface area contributed by atoms with Crippen molar-refractivity contribution < 1.29 is 20.1 Å². The molecule has 2 aliphatic heterocycles.